The van der Waals surface area contributed by atoms with Crippen molar-refractivity contribution in [3.63, 3.8) is 0 Å². The van der Waals surface area contributed by atoms with Crippen molar-refractivity contribution in [2.45, 2.75) is 45.7 Å². The van der Waals surface area contributed by atoms with E-state index in [4.69, 9.17) is 23.2 Å². The normalized spacial score (nSPS) is 14.4. The Kier molecular flexibility index (Phi) is 8.24. The Morgan fingerprint density at radius 3 is 2.58 bits per heavy atom. The third-order valence-electron chi connectivity index (χ3n) is 3.13. The van der Waals surface area contributed by atoms with E-state index in [2.05, 4.69) is 26.1 Å². The lowest BCUT2D eigenvalue weighted by Crippen LogP contribution is -2.31. The maximum atomic E-state index is 6.28. The first-order valence-corrected chi connectivity index (χ1v) is 8.78. The molecule has 0 heterocycles. The summed E-state index contributed by atoms with van der Waals surface area (Å²) in [7, 11) is 0. The van der Waals surface area contributed by atoms with Gasteiger partial charge in [-0.25, -0.2) is 0 Å². The van der Waals surface area contributed by atoms with Crippen molar-refractivity contribution in [2.24, 2.45) is 0 Å². The number of hydrogen-bond acceptors (Lipinski definition) is 2. The monoisotopic (exact) mass is 319 g/mol. The molecule has 4 heteroatoms. The highest BCUT2D eigenvalue weighted by molar-refractivity contribution is 7.99. The van der Waals surface area contributed by atoms with E-state index in [0.717, 1.165) is 17.0 Å². The maximum Gasteiger partial charge on any atom is 0.0468 e. The number of halogens is 2. The molecule has 108 valence electrons. The molecule has 0 fully saturated rings. The SMILES string of the molecule is CCSCCC(C)NC(CC)c1ccc(Cl)cc1Cl. The molecule has 0 spiro atoms. The number of thioether (sulfide) groups is 1. The van der Waals surface area contributed by atoms with Gasteiger partial charge in [0.25, 0.3) is 0 Å². The molecule has 1 N–H and O–H groups in total. The second-order valence-electron chi connectivity index (χ2n) is 4.68. The average Bonchev–Trinajstić information content (AvgIpc) is 2.37. The Bertz CT molecular complexity index is 384. The van der Waals surface area contributed by atoms with E-state index in [1.807, 2.05) is 30.0 Å². The summed E-state index contributed by atoms with van der Waals surface area (Å²) in [4.78, 5) is 0. The quantitative estimate of drug-likeness (QED) is 0.629. The predicted molar refractivity (Wildman–Crippen MR) is 89.7 cm³/mol. The molecule has 0 radical (unpaired) electrons. The summed E-state index contributed by atoms with van der Waals surface area (Å²) in [5.41, 5.74) is 1.14. The number of nitrogens with one attached hydrogen (secondary N) is 1. The Morgan fingerprint density at radius 1 is 1.26 bits per heavy atom. The van der Waals surface area contributed by atoms with Gasteiger partial charge in [0.1, 0.15) is 0 Å². The minimum atomic E-state index is 0.298. The number of rotatable bonds is 8. The van der Waals surface area contributed by atoms with E-state index in [-0.39, 0.29) is 0 Å². The largest absolute Gasteiger partial charge is 0.307 e. The van der Waals surface area contributed by atoms with Crippen LogP contribution < -0.4 is 5.32 Å². The first-order chi connectivity index (χ1) is 9.08. The fourth-order valence-corrected chi connectivity index (χ4v) is 3.39. The molecule has 1 aromatic rings. The standard InChI is InChI=1S/C15H23Cl2NS/c1-4-15(18-11(3)8-9-19-5-2)13-7-6-12(16)10-14(13)17/h6-7,10-11,15,18H,4-5,8-9H2,1-3H3. The van der Waals surface area contributed by atoms with E-state index >= 15 is 0 Å². The Morgan fingerprint density at radius 2 is 2.00 bits per heavy atom. The van der Waals surface area contributed by atoms with Crippen molar-refractivity contribution in [2.75, 3.05) is 11.5 Å². The summed E-state index contributed by atoms with van der Waals surface area (Å²) in [5, 5.41) is 5.10. The van der Waals surface area contributed by atoms with Crippen LogP contribution in [-0.2, 0) is 0 Å². The lowest BCUT2D eigenvalue weighted by atomic mass is 10.0. The van der Waals surface area contributed by atoms with Crippen LogP contribution >= 0.6 is 35.0 Å². The smallest absolute Gasteiger partial charge is 0.0468 e. The molecule has 0 saturated carbocycles. The van der Waals surface area contributed by atoms with Crippen molar-refractivity contribution in [3.8, 4) is 0 Å². The highest BCUT2D eigenvalue weighted by atomic mass is 35.5. The van der Waals surface area contributed by atoms with Gasteiger partial charge in [0.05, 0.1) is 0 Å². The number of benzene rings is 1. The van der Waals surface area contributed by atoms with E-state index < -0.39 is 0 Å². The summed E-state index contributed by atoms with van der Waals surface area (Å²) >= 11 is 14.2. The Labute approximate surface area is 131 Å². The maximum absolute atomic E-state index is 6.28. The fourth-order valence-electron chi connectivity index (χ4n) is 2.04. The molecule has 0 aromatic heterocycles. The van der Waals surface area contributed by atoms with Crippen molar-refractivity contribution in [1.82, 2.24) is 5.32 Å². The summed E-state index contributed by atoms with van der Waals surface area (Å²) in [6.07, 6.45) is 2.20. The second-order valence-corrected chi connectivity index (χ2v) is 6.92. The molecule has 1 nitrogen and oxygen atoms in total. The van der Waals surface area contributed by atoms with Gasteiger partial charge < -0.3 is 5.32 Å². The Balaban J connectivity index is 2.62. The van der Waals surface area contributed by atoms with Gasteiger partial charge in [-0.05, 0) is 49.0 Å². The molecule has 0 aliphatic carbocycles. The molecule has 1 rings (SSSR count). The van der Waals surface area contributed by atoms with Crippen molar-refractivity contribution < 1.29 is 0 Å². The molecule has 0 saturated heterocycles. The lowest BCUT2D eigenvalue weighted by molar-refractivity contribution is 0.439. The summed E-state index contributed by atoms with van der Waals surface area (Å²) in [6.45, 7) is 6.61. The molecular formula is C15H23Cl2NS. The van der Waals surface area contributed by atoms with Crippen LogP contribution in [0.1, 0.15) is 45.2 Å². The zero-order valence-electron chi connectivity index (χ0n) is 11.9. The molecule has 0 aliphatic heterocycles. The van der Waals surface area contributed by atoms with Crippen LogP contribution in [0.5, 0.6) is 0 Å². The van der Waals surface area contributed by atoms with E-state index in [1.54, 1.807) is 0 Å². The molecule has 19 heavy (non-hydrogen) atoms. The molecule has 1 aromatic carbocycles. The summed E-state index contributed by atoms with van der Waals surface area (Å²) in [6, 6.07) is 6.55. The fraction of sp³-hybridized carbons (Fsp3) is 0.600. The van der Waals surface area contributed by atoms with Crippen LogP contribution in [0, 0.1) is 0 Å². The van der Waals surface area contributed by atoms with Gasteiger partial charge >= 0.3 is 0 Å². The minimum absolute atomic E-state index is 0.298. The van der Waals surface area contributed by atoms with Gasteiger partial charge in [-0.2, -0.15) is 11.8 Å². The lowest BCUT2D eigenvalue weighted by Gasteiger charge is -2.23. The van der Waals surface area contributed by atoms with Gasteiger partial charge in [-0.3, -0.25) is 0 Å². The first kappa shape index (κ1) is 17.2. The molecule has 0 aliphatic rings. The Hall–Kier alpha value is 0.110. The van der Waals surface area contributed by atoms with Crippen molar-refractivity contribution >= 4 is 35.0 Å². The molecular weight excluding hydrogens is 297 g/mol. The van der Waals surface area contributed by atoms with Gasteiger partial charge in [0.2, 0.25) is 0 Å². The third-order valence-corrected chi connectivity index (χ3v) is 4.63. The van der Waals surface area contributed by atoms with Gasteiger partial charge in [-0.15, -0.1) is 0 Å². The van der Waals surface area contributed by atoms with Crippen LogP contribution in [0.15, 0.2) is 18.2 Å². The molecule has 0 amide bonds. The van der Waals surface area contributed by atoms with Gasteiger partial charge in [0, 0.05) is 22.1 Å². The highest BCUT2D eigenvalue weighted by Gasteiger charge is 2.15. The summed E-state index contributed by atoms with van der Waals surface area (Å²) < 4.78 is 0. The van der Waals surface area contributed by atoms with Gasteiger partial charge in [0.15, 0.2) is 0 Å². The highest BCUT2D eigenvalue weighted by Crippen LogP contribution is 2.28. The van der Waals surface area contributed by atoms with E-state index in [0.29, 0.717) is 17.1 Å². The molecule has 0 bridgehead atoms. The third kappa shape index (κ3) is 5.95. The summed E-state index contributed by atoms with van der Waals surface area (Å²) in [5.74, 6) is 2.39. The zero-order chi connectivity index (χ0) is 14.3. The number of hydrogen-bond donors (Lipinski definition) is 1. The van der Waals surface area contributed by atoms with E-state index in [9.17, 15) is 0 Å². The van der Waals surface area contributed by atoms with Gasteiger partial charge in [-0.1, -0.05) is 43.1 Å². The molecule has 2 unspecified atom stereocenters. The van der Waals surface area contributed by atoms with Crippen LogP contribution in [0.4, 0.5) is 0 Å². The van der Waals surface area contributed by atoms with Crippen LogP contribution in [0.2, 0.25) is 10.0 Å². The van der Waals surface area contributed by atoms with Crippen LogP contribution in [0.25, 0.3) is 0 Å². The van der Waals surface area contributed by atoms with E-state index in [1.165, 1.54) is 17.9 Å². The second kappa shape index (κ2) is 9.12. The zero-order valence-corrected chi connectivity index (χ0v) is 14.2. The van der Waals surface area contributed by atoms with Crippen LogP contribution in [0.3, 0.4) is 0 Å². The average molecular weight is 320 g/mol. The van der Waals surface area contributed by atoms with Crippen LogP contribution in [-0.4, -0.2) is 17.5 Å². The minimum Gasteiger partial charge on any atom is -0.307 e. The van der Waals surface area contributed by atoms with Crippen molar-refractivity contribution in [1.29, 1.82) is 0 Å². The van der Waals surface area contributed by atoms with Crippen molar-refractivity contribution in [3.05, 3.63) is 33.8 Å². The first-order valence-electron chi connectivity index (χ1n) is 6.87. The molecule has 2 atom stereocenters. The topological polar surface area (TPSA) is 12.0 Å². The predicted octanol–water partition coefficient (Wildman–Crippen LogP) is 5.57.